The van der Waals surface area contributed by atoms with Gasteiger partial charge in [0.05, 0.1) is 17.9 Å². The van der Waals surface area contributed by atoms with Crippen molar-refractivity contribution in [1.29, 1.82) is 0 Å². The fourth-order valence-corrected chi connectivity index (χ4v) is 2.24. The number of hydrogen-bond donors (Lipinski definition) is 0. The third-order valence-electron chi connectivity index (χ3n) is 2.01. The molecule has 1 aromatic rings. The topological polar surface area (TPSA) is 43.4 Å². The molecule has 0 radical (unpaired) electrons. The van der Waals surface area contributed by atoms with Crippen molar-refractivity contribution < 1.29 is 18.1 Å². The SMILES string of the molecule is COC(=O)CCCS(=O)c1ccc(F)cc1. The standard InChI is InChI=1S/C11H13FO3S/c1-15-11(13)3-2-8-16(14)10-6-4-9(12)5-7-10/h4-7H,2-3,8H2,1H3. The molecule has 1 atom stereocenters. The van der Waals surface area contributed by atoms with Crippen molar-refractivity contribution in [1.82, 2.24) is 0 Å². The van der Waals surface area contributed by atoms with Crippen molar-refractivity contribution in [3.05, 3.63) is 30.1 Å². The van der Waals surface area contributed by atoms with E-state index in [4.69, 9.17) is 0 Å². The van der Waals surface area contributed by atoms with E-state index < -0.39 is 10.8 Å². The van der Waals surface area contributed by atoms with Crippen LogP contribution in [0.4, 0.5) is 4.39 Å². The molecule has 0 aliphatic carbocycles. The Kier molecular flexibility index (Phi) is 5.11. The summed E-state index contributed by atoms with van der Waals surface area (Å²) in [4.78, 5) is 11.4. The van der Waals surface area contributed by atoms with E-state index in [0.29, 0.717) is 17.1 Å². The van der Waals surface area contributed by atoms with Crippen LogP contribution in [0.1, 0.15) is 12.8 Å². The highest BCUT2D eigenvalue weighted by Gasteiger charge is 2.06. The molecular weight excluding hydrogens is 231 g/mol. The van der Waals surface area contributed by atoms with Crippen molar-refractivity contribution in [3.63, 3.8) is 0 Å². The summed E-state index contributed by atoms with van der Waals surface area (Å²) < 4.78 is 28.7. The van der Waals surface area contributed by atoms with Crippen LogP contribution >= 0.6 is 0 Å². The van der Waals surface area contributed by atoms with Gasteiger partial charge in [0, 0.05) is 17.1 Å². The summed E-state index contributed by atoms with van der Waals surface area (Å²) in [7, 11) is 0.134. The van der Waals surface area contributed by atoms with Gasteiger partial charge >= 0.3 is 5.97 Å². The summed E-state index contributed by atoms with van der Waals surface area (Å²) in [6.45, 7) is 0. The minimum absolute atomic E-state index is 0.253. The lowest BCUT2D eigenvalue weighted by atomic mass is 10.3. The van der Waals surface area contributed by atoms with E-state index in [2.05, 4.69) is 4.74 Å². The predicted molar refractivity (Wildman–Crippen MR) is 58.9 cm³/mol. The molecule has 0 N–H and O–H groups in total. The molecule has 88 valence electrons. The van der Waals surface area contributed by atoms with Gasteiger partial charge < -0.3 is 4.74 Å². The summed E-state index contributed by atoms with van der Waals surface area (Å²) in [5, 5.41) is 0. The Labute approximate surface area is 96.1 Å². The van der Waals surface area contributed by atoms with Crippen LogP contribution in [0.15, 0.2) is 29.2 Å². The van der Waals surface area contributed by atoms with Crippen molar-refractivity contribution >= 4 is 16.8 Å². The van der Waals surface area contributed by atoms with Gasteiger partial charge in [-0.3, -0.25) is 9.00 Å². The number of carbonyl (C=O) groups is 1. The normalized spacial score (nSPS) is 12.1. The van der Waals surface area contributed by atoms with Gasteiger partial charge in [0.2, 0.25) is 0 Å². The second kappa shape index (κ2) is 6.37. The fraction of sp³-hybridized carbons (Fsp3) is 0.364. The van der Waals surface area contributed by atoms with E-state index in [1.165, 1.54) is 31.4 Å². The first-order chi connectivity index (χ1) is 7.63. The number of esters is 1. The molecule has 0 bridgehead atoms. The van der Waals surface area contributed by atoms with Gasteiger partial charge in [0.25, 0.3) is 0 Å². The van der Waals surface area contributed by atoms with Gasteiger partial charge in [-0.05, 0) is 30.7 Å². The third-order valence-corrected chi connectivity index (χ3v) is 3.47. The Morgan fingerprint density at radius 2 is 2.00 bits per heavy atom. The van der Waals surface area contributed by atoms with Crippen LogP contribution < -0.4 is 0 Å². The average molecular weight is 244 g/mol. The van der Waals surface area contributed by atoms with Crippen LogP contribution in [0.5, 0.6) is 0 Å². The van der Waals surface area contributed by atoms with Gasteiger partial charge in [-0.2, -0.15) is 0 Å². The first-order valence-electron chi connectivity index (χ1n) is 4.84. The van der Waals surface area contributed by atoms with Crippen LogP contribution in [0.3, 0.4) is 0 Å². The maximum absolute atomic E-state index is 12.6. The second-order valence-electron chi connectivity index (χ2n) is 3.18. The first-order valence-corrected chi connectivity index (χ1v) is 6.16. The van der Waals surface area contributed by atoms with E-state index in [0.717, 1.165) is 0 Å². The third kappa shape index (κ3) is 4.10. The number of rotatable bonds is 5. The molecule has 1 rings (SSSR count). The van der Waals surface area contributed by atoms with Crippen LogP contribution in [0.2, 0.25) is 0 Å². The Morgan fingerprint density at radius 1 is 1.38 bits per heavy atom. The largest absolute Gasteiger partial charge is 0.469 e. The zero-order chi connectivity index (χ0) is 12.0. The smallest absolute Gasteiger partial charge is 0.305 e. The summed E-state index contributed by atoms with van der Waals surface area (Å²) in [6, 6.07) is 5.52. The number of hydrogen-bond acceptors (Lipinski definition) is 3. The van der Waals surface area contributed by atoms with Gasteiger partial charge in [-0.25, -0.2) is 4.39 Å². The van der Waals surface area contributed by atoms with Gasteiger partial charge in [-0.15, -0.1) is 0 Å². The molecule has 16 heavy (non-hydrogen) atoms. The fourth-order valence-electron chi connectivity index (χ4n) is 1.15. The van der Waals surface area contributed by atoms with Crippen molar-refractivity contribution in [3.8, 4) is 0 Å². The number of benzene rings is 1. The summed E-state index contributed by atoms with van der Waals surface area (Å²) in [5.41, 5.74) is 0. The Balaban J connectivity index is 2.41. The van der Waals surface area contributed by atoms with Crippen LogP contribution in [0.25, 0.3) is 0 Å². The maximum atomic E-state index is 12.6. The van der Waals surface area contributed by atoms with E-state index in [-0.39, 0.29) is 18.2 Å². The van der Waals surface area contributed by atoms with Gasteiger partial charge in [-0.1, -0.05) is 0 Å². The average Bonchev–Trinajstić information content (AvgIpc) is 2.29. The molecule has 5 heteroatoms. The minimum atomic E-state index is -1.18. The minimum Gasteiger partial charge on any atom is -0.469 e. The number of ether oxygens (including phenoxy) is 1. The number of methoxy groups -OCH3 is 1. The monoisotopic (exact) mass is 244 g/mol. The molecular formula is C11H13FO3S. The molecule has 0 spiro atoms. The predicted octanol–water partition coefficient (Wildman–Crippen LogP) is 1.89. The highest BCUT2D eigenvalue weighted by atomic mass is 32.2. The molecule has 0 saturated heterocycles. The molecule has 0 aliphatic rings. The zero-order valence-electron chi connectivity index (χ0n) is 8.94. The molecule has 0 aromatic heterocycles. The Bertz CT molecular complexity index is 375. The number of halogens is 1. The van der Waals surface area contributed by atoms with Crippen molar-refractivity contribution in [2.75, 3.05) is 12.9 Å². The van der Waals surface area contributed by atoms with Crippen molar-refractivity contribution in [2.24, 2.45) is 0 Å². The van der Waals surface area contributed by atoms with E-state index in [1.54, 1.807) is 0 Å². The van der Waals surface area contributed by atoms with Crippen LogP contribution in [-0.2, 0) is 20.3 Å². The molecule has 1 unspecified atom stereocenters. The first kappa shape index (κ1) is 12.8. The quantitative estimate of drug-likeness (QED) is 0.743. The van der Waals surface area contributed by atoms with E-state index in [9.17, 15) is 13.4 Å². The maximum Gasteiger partial charge on any atom is 0.305 e. The molecule has 0 fully saturated rings. The van der Waals surface area contributed by atoms with Crippen molar-refractivity contribution in [2.45, 2.75) is 17.7 Å². The van der Waals surface area contributed by atoms with Crippen LogP contribution in [-0.4, -0.2) is 23.0 Å². The lowest BCUT2D eigenvalue weighted by Crippen LogP contribution is -2.04. The molecule has 0 aliphatic heterocycles. The molecule has 0 saturated carbocycles. The van der Waals surface area contributed by atoms with Gasteiger partial charge in [0.15, 0.2) is 0 Å². The molecule has 1 aromatic carbocycles. The lowest BCUT2D eigenvalue weighted by Gasteiger charge is -2.01. The molecule has 0 amide bonds. The van der Waals surface area contributed by atoms with E-state index in [1.807, 2.05) is 0 Å². The highest BCUT2D eigenvalue weighted by Crippen LogP contribution is 2.09. The zero-order valence-corrected chi connectivity index (χ0v) is 9.76. The lowest BCUT2D eigenvalue weighted by molar-refractivity contribution is -0.140. The summed E-state index contributed by atoms with van der Waals surface area (Å²) >= 11 is 0. The Hall–Kier alpha value is -1.23. The Morgan fingerprint density at radius 3 is 2.56 bits per heavy atom. The van der Waals surface area contributed by atoms with Crippen LogP contribution in [0, 0.1) is 5.82 Å². The molecule has 0 heterocycles. The summed E-state index contributed by atoms with van der Waals surface area (Å²) in [5.74, 6) is -0.285. The second-order valence-corrected chi connectivity index (χ2v) is 4.75. The number of carbonyl (C=O) groups excluding carboxylic acids is 1. The van der Waals surface area contributed by atoms with Gasteiger partial charge in [0.1, 0.15) is 5.82 Å². The summed E-state index contributed by atoms with van der Waals surface area (Å²) in [6.07, 6.45) is 0.750. The highest BCUT2D eigenvalue weighted by molar-refractivity contribution is 7.85. The molecule has 3 nitrogen and oxygen atoms in total. The van der Waals surface area contributed by atoms with E-state index >= 15 is 0 Å².